The summed E-state index contributed by atoms with van der Waals surface area (Å²) in [6.45, 7) is 1.67. The molecule has 0 heterocycles. The lowest BCUT2D eigenvalue weighted by molar-refractivity contribution is -0.212. The van der Waals surface area contributed by atoms with Gasteiger partial charge in [0, 0.05) is 28.5 Å². The molecule has 0 bridgehead atoms. The first-order valence-electron chi connectivity index (χ1n) is 6.97. The molecule has 1 saturated carbocycles. The number of hydrogen-bond donors (Lipinski definition) is 2. The van der Waals surface area contributed by atoms with Crippen molar-refractivity contribution in [2.75, 3.05) is 11.6 Å². The van der Waals surface area contributed by atoms with Crippen molar-refractivity contribution >= 4 is 22.4 Å². The van der Waals surface area contributed by atoms with Crippen LogP contribution in [-0.2, 0) is 21.3 Å². The third kappa shape index (κ3) is 3.05. The van der Waals surface area contributed by atoms with E-state index in [0.29, 0.717) is 12.0 Å². The molecule has 1 aromatic rings. The number of hydrogen-bond acceptors (Lipinski definition) is 3. The van der Waals surface area contributed by atoms with Crippen molar-refractivity contribution in [3.05, 3.63) is 29.3 Å². The smallest absolute Gasteiger partial charge is 0.352 e. The molecule has 0 radical (unpaired) electrons. The quantitative estimate of drug-likeness (QED) is 0.870. The van der Waals surface area contributed by atoms with Crippen LogP contribution >= 0.6 is 0 Å². The highest BCUT2D eigenvalue weighted by molar-refractivity contribution is 7.83. The summed E-state index contributed by atoms with van der Waals surface area (Å²) in [6.07, 6.45) is 1.86. The molecule has 1 aromatic carbocycles. The van der Waals surface area contributed by atoms with Crippen molar-refractivity contribution in [1.29, 1.82) is 0 Å². The Morgan fingerprint density at radius 1 is 1.45 bits per heavy atom. The number of anilines is 1. The van der Waals surface area contributed by atoms with Gasteiger partial charge in [0.25, 0.3) is 5.91 Å². The van der Waals surface area contributed by atoms with Crippen LogP contribution in [0, 0.1) is 6.92 Å². The van der Waals surface area contributed by atoms with E-state index in [1.54, 1.807) is 25.3 Å². The molecule has 1 atom stereocenters. The highest BCUT2D eigenvalue weighted by Gasteiger charge is 2.61. The van der Waals surface area contributed by atoms with Crippen molar-refractivity contribution in [2.24, 2.45) is 0 Å². The molecule has 1 aliphatic rings. The predicted molar refractivity (Wildman–Crippen MR) is 81.3 cm³/mol. The highest BCUT2D eigenvalue weighted by atomic mass is 32.2. The molecule has 7 heteroatoms. The fourth-order valence-corrected chi connectivity index (χ4v) is 3.18. The summed E-state index contributed by atoms with van der Waals surface area (Å²) in [5, 5.41) is 12.0. The first kappa shape index (κ1) is 17.0. The van der Waals surface area contributed by atoms with Crippen LogP contribution in [0.3, 0.4) is 0 Å². The van der Waals surface area contributed by atoms with Crippen molar-refractivity contribution in [3.63, 3.8) is 0 Å². The van der Waals surface area contributed by atoms with Crippen LogP contribution < -0.4 is 5.32 Å². The van der Waals surface area contributed by atoms with Crippen LogP contribution in [-0.4, -0.2) is 33.0 Å². The standard InChI is InChI=1S/C15H19F2NO3S/c1-10-11(9-22(2)21)5-3-6-12(10)18-13(19)15(16,17)14(20)7-4-8-14/h3,5-6,20H,4,7-9H2,1-2H3,(H,18,19). The van der Waals surface area contributed by atoms with Crippen LogP contribution in [0.5, 0.6) is 0 Å². The van der Waals surface area contributed by atoms with Crippen LogP contribution in [0.25, 0.3) is 0 Å². The lowest BCUT2D eigenvalue weighted by Gasteiger charge is -2.41. The Balaban J connectivity index is 2.20. The van der Waals surface area contributed by atoms with Gasteiger partial charge in [0.15, 0.2) is 0 Å². The first-order valence-corrected chi connectivity index (χ1v) is 8.70. The molecular weight excluding hydrogens is 312 g/mol. The third-order valence-electron chi connectivity index (χ3n) is 4.10. The molecule has 1 amide bonds. The average molecular weight is 331 g/mol. The van der Waals surface area contributed by atoms with Crippen LogP contribution in [0.15, 0.2) is 18.2 Å². The van der Waals surface area contributed by atoms with E-state index in [1.807, 2.05) is 0 Å². The number of carbonyl (C=O) groups is 1. The zero-order valence-corrected chi connectivity index (χ0v) is 13.3. The van der Waals surface area contributed by atoms with Gasteiger partial charge >= 0.3 is 5.92 Å². The zero-order valence-electron chi connectivity index (χ0n) is 12.5. The van der Waals surface area contributed by atoms with Gasteiger partial charge in [-0.2, -0.15) is 8.78 Å². The Labute approximate surface area is 130 Å². The zero-order chi connectivity index (χ0) is 16.5. The average Bonchev–Trinajstić information content (AvgIpc) is 2.39. The Morgan fingerprint density at radius 2 is 2.09 bits per heavy atom. The molecule has 1 fully saturated rings. The summed E-state index contributed by atoms with van der Waals surface area (Å²) < 4.78 is 39.4. The maximum Gasteiger partial charge on any atom is 0.352 e. The molecule has 2 N–H and O–H groups in total. The number of carbonyl (C=O) groups excluding carboxylic acids is 1. The summed E-state index contributed by atoms with van der Waals surface area (Å²) >= 11 is 0. The van der Waals surface area contributed by atoms with Gasteiger partial charge < -0.3 is 10.4 Å². The van der Waals surface area contributed by atoms with Crippen molar-refractivity contribution in [2.45, 2.75) is 43.5 Å². The van der Waals surface area contributed by atoms with Gasteiger partial charge in [0.1, 0.15) is 5.60 Å². The monoisotopic (exact) mass is 331 g/mol. The SMILES string of the molecule is Cc1c(CS(C)=O)cccc1NC(=O)C(F)(F)C1(O)CCC1. The Morgan fingerprint density at radius 3 is 2.59 bits per heavy atom. The van der Waals surface area contributed by atoms with E-state index in [0.717, 1.165) is 5.56 Å². The second-order valence-electron chi connectivity index (χ2n) is 5.72. The minimum Gasteiger partial charge on any atom is -0.383 e. The maximum absolute atomic E-state index is 14.1. The van der Waals surface area contributed by atoms with Gasteiger partial charge in [0.05, 0.1) is 0 Å². The molecule has 1 aliphatic carbocycles. The lowest BCUT2D eigenvalue weighted by Crippen LogP contribution is -2.59. The molecule has 22 heavy (non-hydrogen) atoms. The van der Waals surface area contributed by atoms with Crippen LogP contribution in [0.2, 0.25) is 0 Å². The third-order valence-corrected chi connectivity index (χ3v) is 4.82. The maximum atomic E-state index is 14.1. The van der Waals surface area contributed by atoms with Gasteiger partial charge in [-0.1, -0.05) is 12.1 Å². The predicted octanol–water partition coefficient (Wildman–Crippen LogP) is 2.36. The van der Waals surface area contributed by atoms with Crippen molar-refractivity contribution in [1.82, 2.24) is 0 Å². The van der Waals surface area contributed by atoms with Crippen LogP contribution in [0.1, 0.15) is 30.4 Å². The number of nitrogens with one attached hydrogen (secondary N) is 1. The topological polar surface area (TPSA) is 66.4 Å². The van der Waals surface area contributed by atoms with Gasteiger partial charge in [0.2, 0.25) is 0 Å². The molecule has 2 rings (SSSR count). The molecule has 4 nitrogen and oxygen atoms in total. The van der Waals surface area contributed by atoms with E-state index in [-0.39, 0.29) is 24.3 Å². The van der Waals surface area contributed by atoms with Gasteiger partial charge in [-0.15, -0.1) is 0 Å². The summed E-state index contributed by atoms with van der Waals surface area (Å²) in [7, 11) is -1.07. The van der Waals surface area contributed by atoms with Gasteiger partial charge in [-0.25, -0.2) is 0 Å². The van der Waals surface area contributed by atoms with E-state index in [4.69, 9.17) is 0 Å². The van der Waals surface area contributed by atoms with E-state index in [2.05, 4.69) is 5.32 Å². The Hall–Kier alpha value is -1.34. The highest BCUT2D eigenvalue weighted by Crippen LogP contribution is 2.44. The fraction of sp³-hybridized carbons (Fsp3) is 0.533. The number of benzene rings is 1. The van der Waals surface area contributed by atoms with Gasteiger partial charge in [-0.05, 0) is 43.4 Å². The molecule has 0 aliphatic heterocycles. The molecular formula is C15H19F2NO3S. The summed E-state index contributed by atoms with van der Waals surface area (Å²) in [6, 6.07) is 4.86. The fourth-order valence-electron chi connectivity index (χ4n) is 2.43. The normalized spacial score (nSPS) is 18.4. The molecule has 122 valence electrons. The number of alkyl halides is 2. The first-order chi connectivity index (χ1) is 10.2. The van der Waals surface area contributed by atoms with E-state index >= 15 is 0 Å². The largest absolute Gasteiger partial charge is 0.383 e. The van der Waals surface area contributed by atoms with E-state index in [9.17, 15) is 22.9 Å². The minimum atomic E-state index is -3.83. The summed E-state index contributed by atoms with van der Waals surface area (Å²) in [5.41, 5.74) is -0.671. The second-order valence-corrected chi connectivity index (χ2v) is 7.16. The molecule has 1 unspecified atom stereocenters. The van der Waals surface area contributed by atoms with Gasteiger partial charge in [-0.3, -0.25) is 9.00 Å². The number of amides is 1. The lowest BCUT2D eigenvalue weighted by atomic mass is 9.75. The second kappa shape index (κ2) is 6.04. The molecule has 0 saturated heterocycles. The summed E-state index contributed by atoms with van der Waals surface area (Å²) in [4.78, 5) is 11.9. The summed E-state index contributed by atoms with van der Waals surface area (Å²) in [5.74, 6) is -5.05. The minimum absolute atomic E-state index is 0.0821. The Kier molecular flexibility index (Phi) is 4.67. The number of aliphatic hydroxyl groups is 1. The van der Waals surface area contributed by atoms with E-state index in [1.165, 1.54) is 6.07 Å². The number of rotatable bonds is 5. The van der Waals surface area contributed by atoms with Crippen molar-refractivity contribution in [3.8, 4) is 0 Å². The van der Waals surface area contributed by atoms with Crippen LogP contribution in [0.4, 0.5) is 14.5 Å². The number of halogens is 2. The molecule has 0 spiro atoms. The Bertz CT molecular complexity index is 615. The molecule has 0 aromatic heterocycles. The van der Waals surface area contributed by atoms with Crippen molar-refractivity contribution < 1.29 is 22.9 Å². The van der Waals surface area contributed by atoms with E-state index < -0.39 is 28.2 Å².